The number of rotatable bonds is 5. The number of hydrogen-bond acceptors (Lipinski definition) is 4. The van der Waals surface area contributed by atoms with Crippen molar-refractivity contribution in [1.29, 1.82) is 0 Å². The van der Waals surface area contributed by atoms with Gasteiger partial charge in [-0.05, 0) is 19.9 Å². The topological polar surface area (TPSA) is 110 Å². The number of nitro groups is 1. The van der Waals surface area contributed by atoms with E-state index in [1.54, 1.807) is 0 Å². The highest BCUT2D eigenvalue weighted by atomic mass is 19.4. The molecule has 0 aliphatic rings. The van der Waals surface area contributed by atoms with Crippen LogP contribution in [-0.4, -0.2) is 21.9 Å². The Morgan fingerprint density at radius 2 is 1.87 bits per heavy atom. The van der Waals surface area contributed by atoms with Gasteiger partial charge in [0.05, 0.1) is 21.6 Å². The van der Waals surface area contributed by atoms with E-state index in [-0.39, 0.29) is 0 Å². The van der Waals surface area contributed by atoms with Gasteiger partial charge in [-0.3, -0.25) is 19.7 Å². The summed E-state index contributed by atoms with van der Waals surface area (Å²) in [7, 11) is 0. The Bertz CT molecular complexity index is 656. The van der Waals surface area contributed by atoms with E-state index in [4.69, 9.17) is 5.11 Å². The van der Waals surface area contributed by atoms with Crippen LogP contribution in [-0.2, 0) is 15.8 Å². The number of halogens is 3. The zero-order chi connectivity index (χ0) is 18.0. The highest BCUT2D eigenvalue weighted by molar-refractivity contribution is 5.94. The van der Waals surface area contributed by atoms with Crippen LogP contribution < -0.4 is 5.32 Å². The van der Waals surface area contributed by atoms with Crippen molar-refractivity contribution in [2.24, 2.45) is 5.41 Å². The summed E-state index contributed by atoms with van der Waals surface area (Å²) in [6.45, 7) is 2.49. The van der Waals surface area contributed by atoms with Crippen LogP contribution in [0.3, 0.4) is 0 Å². The van der Waals surface area contributed by atoms with Gasteiger partial charge in [0.15, 0.2) is 0 Å². The molecule has 0 aromatic heterocycles. The number of nitro benzene ring substituents is 1. The lowest BCUT2D eigenvalue weighted by Crippen LogP contribution is -2.30. The smallest absolute Gasteiger partial charge is 0.418 e. The number of nitrogens with zero attached hydrogens (tertiary/aromatic N) is 1. The normalized spacial score (nSPS) is 11.9. The van der Waals surface area contributed by atoms with Crippen LogP contribution in [0.4, 0.5) is 24.5 Å². The fourth-order valence-electron chi connectivity index (χ4n) is 1.66. The number of benzene rings is 1. The van der Waals surface area contributed by atoms with Gasteiger partial charge in [-0.25, -0.2) is 0 Å². The molecule has 23 heavy (non-hydrogen) atoms. The van der Waals surface area contributed by atoms with Crippen LogP contribution >= 0.6 is 0 Å². The first kappa shape index (κ1) is 18.4. The van der Waals surface area contributed by atoms with E-state index >= 15 is 0 Å². The molecular weight excluding hydrogens is 321 g/mol. The summed E-state index contributed by atoms with van der Waals surface area (Å²) in [4.78, 5) is 32.2. The molecule has 1 aromatic carbocycles. The lowest BCUT2D eigenvalue weighted by Gasteiger charge is -2.19. The molecule has 2 N–H and O–H groups in total. The number of carbonyl (C=O) groups excluding carboxylic acids is 1. The summed E-state index contributed by atoms with van der Waals surface area (Å²) in [6, 6.07) is 1.87. The maximum Gasteiger partial charge on any atom is 0.418 e. The van der Waals surface area contributed by atoms with Gasteiger partial charge in [0, 0.05) is 18.6 Å². The monoisotopic (exact) mass is 334 g/mol. The van der Waals surface area contributed by atoms with Crippen molar-refractivity contribution < 1.29 is 32.8 Å². The molecule has 7 nitrogen and oxygen atoms in total. The summed E-state index contributed by atoms with van der Waals surface area (Å²) in [5, 5.41) is 21.4. The van der Waals surface area contributed by atoms with Gasteiger partial charge >= 0.3 is 12.1 Å². The van der Waals surface area contributed by atoms with Crippen LogP contribution in [0.1, 0.15) is 25.8 Å². The second-order valence-electron chi connectivity index (χ2n) is 5.40. The highest BCUT2D eigenvalue weighted by Gasteiger charge is 2.36. The second-order valence-corrected chi connectivity index (χ2v) is 5.40. The first-order chi connectivity index (χ1) is 10.3. The Kier molecular flexibility index (Phi) is 4.98. The van der Waals surface area contributed by atoms with Crippen LogP contribution in [0.2, 0.25) is 0 Å². The van der Waals surface area contributed by atoms with Crippen LogP contribution in [0.25, 0.3) is 0 Å². The van der Waals surface area contributed by atoms with E-state index in [1.807, 2.05) is 5.32 Å². The minimum atomic E-state index is -4.92. The Morgan fingerprint density at radius 1 is 1.30 bits per heavy atom. The molecule has 126 valence electrons. The number of anilines is 1. The number of non-ortho nitro benzene ring substituents is 1. The van der Waals surface area contributed by atoms with Gasteiger partial charge in [0.1, 0.15) is 0 Å². The number of carboxylic acid groups (broad SMARTS) is 1. The molecule has 0 atom stereocenters. The number of alkyl halides is 3. The fraction of sp³-hybridized carbons (Fsp3) is 0.385. The van der Waals surface area contributed by atoms with E-state index in [1.165, 1.54) is 13.8 Å². The Labute approximate surface area is 128 Å². The van der Waals surface area contributed by atoms with Gasteiger partial charge < -0.3 is 10.4 Å². The third-order valence-corrected chi connectivity index (χ3v) is 2.97. The second kappa shape index (κ2) is 6.23. The Morgan fingerprint density at radius 3 is 2.30 bits per heavy atom. The standard InChI is InChI=1S/C13H13F3N2O5/c1-12(2,11(20)21)6-10(19)17-9-4-3-7(18(22)23)5-8(9)13(14,15)16/h3-5H,6H2,1-2H3,(H,17,19)(H,20,21). The minimum Gasteiger partial charge on any atom is -0.481 e. The molecule has 1 aromatic rings. The molecule has 1 amide bonds. The van der Waals surface area contributed by atoms with Crippen molar-refractivity contribution >= 4 is 23.3 Å². The number of aliphatic carboxylic acids is 1. The van der Waals surface area contributed by atoms with E-state index < -0.39 is 51.8 Å². The van der Waals surface area contributed by atoms with Crippen LogP contribution in [0.15, 0.2) is 18.2 Å². The van der Waals surface area contributed by atoms with Gasteiger partial charge in [-0.1, -0.05) is 0 Å². The molecule has 0 saturated heterocycles. The van der Waals surface area contributed by atoms with E-state index in [0.29, 0.717) is 6.07 Å². The summed E-state index contributed by atoms with van der Waals surface area (Å²) in [5.74, 6) is -2.23. The molecule has 0 saturated carbocycles. The lowest BCUT2D eigenvalue weighted by atomic mass is 9.89. The average Bonchev–Trinajstić information content (AvgIpc) is 2.36. The van der Waals surface area contributed by atoms with Crippen LogP contribution in [0, 0.1) is 15.5 Å². The molecule has 0 aliphatic heterocycles. The fourth-order valence-corrected chi connectivity index (χ4v) is 1.66. The first-order valence-corrected chi connectivity index (χ1v) is 6.23. The minimum absolute atomic E-state index is 0.304. The predicted molar refractivity (Wildman–Crippen MR) is 72.8 cm³/mol. The Hall–Kier alpha value is -2.65. The molecule has 0 spiro atoms. The molecule has 0 bridgehead atoms. The molecule has 0 radical (unpaired) electrons. The summed E-state index contributed by atoms with van der Waals surface area (Å²) >= 11 is 0. The van der Waals surface area contributed by atoms with Crippen molar-refractivity contribution in [2.75, 3.05) is 5.32 Å². The zero-order valence-electron chi connectivity index (χ0n) is 12.1. The zero-order valence-corrected chi connectivity index (χ0v) is 12.1. The van der Waals surface area contributed by atoms with Crippen LogP contribution in [0.5, 0.6) is 0 Å². The molecule has 0 fully saturated rings. The Balaban J connectivity index is 3.11. The first-order valence-electron chi connectivity index (χ1n) is 6.23. The highest BCUT2D eigenvalue weighted by Crippen LogP contribution is 2.37. The average molecular weight is 334 g/mol. The maximum atomic E-state index is 12.9. The molecular formula is C13H13F3N2O5. The van der Waals surface area contributed by atoms with Gasteiger partial charge in [-0.15, -0.1) is 0 Å². The number of hydrogen-bond donors (Lipinski definition) is 2. The van der Waals surface area contributed by atoms with E-state index in [2.05, 4.69) is 0 Å². The summed E-state index contributed by atoms with van der Waals surface area (Å²) in [5.41, 5.74) is -4.30. The molecule has 10 heteroatoms. The number of carbonyl (C=O) groups is 2. The van der Waals surface area contributed by atoms with Gasteiger partial charge in [-0.2, -0.15) is 13.2 Å². The third-order valence-electron chi connectivity index (χ3n) is 2.97. The molecule has 1 rings (SSSR count). The number of carboxylic acids is 1. The summed E-state index contributed by atoms with van der Waals surface area (Å²) < 4.78 is 38.8. The van der Waals surface area contributed by atoms with Crippen molar-refractivity contribution in [3.63, 3.8) is 0 Å². The van der Waals surface area contributed by atoms with E-state index in [9.17, 15) is 32.9 Å². The quantitative estimate of drug-likeness (QED) is 0.635. The molecule has 0 aliphatic carbocycles. The van der Waals surface area contributed by atoms with Gasteiger partial charge in [0.25, 0.3) is 5.69 Å². The van der Waals surface area contributed by atoms with E-state index in [0.717, 1.165) is 12.1 Å². The molecule has 0 heterocycles. The number of amides is 1. The molecule has 0 unspecified atom stereocenters. The SMILES string of the molecule is CC(C)(CC(=O)Nc1ccc([N+](=O)[O-])cc1C(F)(F)F)C(=O)O. The van der Waals surface area contributed by atoms with Crippen molar-refractivity contribution in [3.8, 4) is 0 Å². The number of nitrogens with one attached hydrogen (secondary N) is 1. The third kappa shape index (κ3) is 4.66. The van der Waals surface area contributed by atoms with Crippen molar-refractivity contribution in [1.82, 2.24) is 0 Å². The van der Waals surface area contributed by atoms with Gasteiger partial charge in [0.2, 0.25) is 5.91 Å². The van der Waals surface area contributed by atoms with Crippen molar-refractivity contribution in [3.05, 3.63) is 33.9 Å². The summed E-state index contributed by atoms with van der Waals surface area (Å²) in [6.07, 6.45) is -5.48. The van der Waals surface area contributed by atoms with Crippen molar-refractivity contribution in [2.45, 2.75) is 26.4 Å². The maximum absolute atomic E-state index is 12.9. The lowest BCUT2D eigenvalue weighted by molar-refractivity contribution is -0.385. The largest absolute Gasteiger partial charge is 0.481 e. The predicted octanol–water partition coefficient (Wildman–Crippen LogP) is 3.05.